The number of rotatable bonds is 19. The van der Waals surface area contributed by atoms with Gasteiger partial charge in [-0.25, -0.2) is 13.2 Å². The molecule has 3 atom stereocenters. The maximum atomic E-state index is 13.8. The summed E-state index contributed by atoms with van der Waals surface area (Å²) in [6.07, 6.45) is -1.48. The van der Waals surface area contributed by atoms with E-state index in [1.165, 1.54) is 13.2 Å². The van der Waals surface area contributed by atoms with E-state index in [1.807, 2.05) is 68.4 Å². The highest BCUT2D eigenvalue weighted by molar-refractivity contribution is 7.91. The lowest BCUT2D eigenvalue weighted by molar-refractivity contribution is -0.129. The van der Waals surface area contributed by atoms with E-state index < -0.39 is 40.0 Å². The van der Waals surface area contributed by atoms with Crippen LogP contribution in [0.25, 0.3) is 0 Å². The number of methoxy groups -OCH3 is 2. The van der Waals surface area contributed by atoms with Crippen LogP contribution in [0.3, 0.4) is 0 Å². The van der Waals surface area contributed by atoms with Crippen LogP contribution in [-0.2, 0) is 32.3 Å². The van der Waals surface area contributed by atoms with E-state index in [-0.39, 0.29) is 41.7 Å². The predicted octanol–water partition coefficient (Wildman–Crippen LogP) is 3.96. The van der Waals surface area contributed by atoms with Gasteiger partial charge in [0, 0.05) is 19.5 Å². The van der Waals surface area contributed by atoms with Crippen LogP contribution < -0.4 is 20.1 Å². The van der Waals surface area contributed by atoms with Gasteiger partial charge < -0.3 is 30.0 Å². The van der Waals surface area contributed by atoms with Gasteiger partial charge in [-0.3, -0.25) is 4.79 Å². The van der Waals surface area contributed by atoms with Crippen LogP contribution in [-0.4, -0.2) is 75.9 Å². The summed E-state index contributed by atoms with van der Waals surface area (Å²) in [5.41, 5.74) is 2.10. The first kappa shape index (κ1) is 36.5. The average molecular weight is 655 g/mol. The summed E-state index contributed by atoms with van der Waals surface area (Å²) in [6.45, 7) is 4.54. The number of benzene rings is 3. The molecule has 1 amide bonds. The summed E-state index contributed by atoms with van der Waals surface area (Å²) in [7, 11) is -0.602. The van der Waals surface area contributed by atoms with Crippen LogP contribution in [0.1, 0.15) is 48.2 Å². The predicted molar refractivity (Wildman–Crippen MR) is 178 cm³/mol. The first-order chi connectivity index (χ1) is 22.0. The summed E-state index contributed by atoms with van der Waals surface area (Å²) in [4.78, 5) is 25.9. The Morgan fingerprint density at radius 1 is 0.848 bits per heavy atom. The number of ether oxygens (including phenoxy) is 3. The van der Waals surface area contributed by atoms with Gasteiger partial charge in [0.15, 0.2) is 6.10 Å². The number of aliphatic hydroxyl groups is 1. The Bertz CT molecular complexity index is 1500. The molecular weight excluding hydrogens is 608 g/mol. The maximum Gasteiger partial charge on any atom is 0.337 e. The van der Waals surface area contributed by atoms with Crippen molar-refractivity contribution in [3.05, 3.63) is 95.6 Å². The largest absolute Gasteiger partial charge is 0.497 e. The van der Waals surface area contributed by atoms with Gasteiger partial charge in [0.2, 0.25) is 0 Å². The molecule has 46 heavy (non-hydrogen) atoms. The standard InChI is InChI=1S/C35H46N2O8S/c1-25(2)16-18-46(41,42)19-17-33(45-30-15-9-13-28(22-30)35(40)44-4)34(39)37-31(21-26-10-6-5-7-11-26)32(38)24-36-23-27-12-8-14-29(20-27)43-3/h5-15,20,22,25,31-33,36,38H,16-19,21,23-24H2,1-4H3,(H,37,39)/t31-,32+,33?/m0/s1. The smallest absolute Gasteiger partial charge is 0.337 e. The van der Waals surface area contributed by atoms with Crippen LogP contribution >= 0.6 is 0 Å². The van der Waals surface area contributed by atoms with Crippen LogP contribution in [0.15, 0.2) is 78.9 Å². The number of carbonyl (C=O) groups excluding carboxylic acids is 2. The van der Waals surface area contributed by atoms with Crippen molar-refractivity contribution >= 4 is 21.7 Å². The third kappa shape index (κ3) is 12.5. The van der Waals surface area contributed by atoms with E-state index in [1.54, 1.807) is 25.3 Å². The summed E-state index contributed by atoms with van der Waals surface area (Å²) >= 11 is 0. The van der Waals surface area contributed by atoms with E-state index in [9.17, 15) is 23.1 Å². The molecule has 0 heterocycles. The van der Waals surface area contributed by atoms with Crippen molar-refractivity contribution in [3.8, 4) is 11.5 Å². The number of esters is 1. The zero-order valence-electron chi connectivity index (χ0n) is 27.0. The van der Waals surface area contributed by atoms with Crippen molar-refractivity contribution in [2.24, 2.45) is 5.92 Å². The number of carbonyl (C=O) groups is 2. The Morgan fingerprint density at radius 2 is 1.52 bits per heavy atom. The lowest BCUT2D eigenvalue weighted by atomic mass is 10.0. The van der Waals surface area contributed by atoms with Crippen LogP contribution in [0.5, 0.6) is 11.5 Å². The molecule has 3 aromatic rings. The second-order valence-electron chi connectivity index (χ2n) is 11.6. The minimum atomic E-state index is -3.46. The van der Waals surface area contributed by atoms with Crippen molar-refractivity contribution in [3.63, 3.8) is 0 Å². The summed E-state index contributed by atoms with van der Waals surface area (Å²) in [5, 5.41) is 17.5. The molecule has 0 bridgehead atoms. The third-order valence-electron chi connectivity index (χ3n) is 7.43. The Balaban J connectivity index is 1.80. The Labute approximate surface area is 272 Å². The molecule has 3 N–H and O–H groups in total. The first-order valence-electron chi connectivity index (χ1n) is 15.4. The van der Waals surface area contributed by atoms with Gasteiger partial charge in [0.25, 0.3) is 5.91 Å². The molecule has 3 rings (SSSR count). The van der Waals surface area contributed by atoms with E-state index in [4.69, 9.17) is 14.2 Å². The van der Waals surface area contributed by atoms with E-state index in [0.717, 1.165) is 16.9 Å². The van der Waals surface area contributed by atoms with Gasteiger partial charge >= 0.3 is 5.97 Å². The van der Waals surface area contributed by atoms with Crippen molar-refractivity contribution in [2.75, 3.05) is 32.3 Å². The molecule has 10 nitrogen and oxygen atoms in total. The van der Waals surface area contributed by atoms with Crippen LogP contribution in [0.2, 0.25) is 0 Å². The van der Waals surface area contributed by atoms with Gasteiger partial charge in [0.05, 0.1) is 43.4 Å². The fourth-order valence-electron chi connectivity index (χ4n) is 4.74. The lowest BCUT2D eigenvalue weighted by Gasteiger charge is -2.27. The molecule has 0 aliphatic heterocycles. The van der Waals surface area contributed by atoms with Crippen molar-refractivity contribution < 1.29 is 37.3 Å². The fourth-order valence-corrected chi connectivity index (χ4v) is 6.35. The van der Waals surface area contributed by atoms with Crippen molar-refractivity contribution in [1.82, 2.24) is 10.6 Å². The van der Waals surface area contributed by atoms with Gasteiger partial charge in [0.1, 0.15) is 21.3 Å². The lowest BCUT2D eigenvalue weighted by Crippen LogP contribution is -2.52. The molecule has 250 valence electrons. The van der Waals surface area contributed by atoms with E-state index in [2.05, 4.69) is 10.6 Å². The summed E-state index contributed by atoms with van der Waals surface area (Å²) in [6, 6.07) is 22.5. The molecule has 0 aliphatic rings. The number of sulfone groups is 1. The fraction of sp³-hybridized carbons (Fsp3) is 0.429. The Kier molecular flexibility index (Phi) is 14.5. The molecule has 0 spiro atoms. The van der Waals surface area contributed by atoms with Crippen molar-refractivity contribution in [2.45, 2.75) is 57.9 Å². The van der Waals surface area contributed by atoms with Crippen LogP contribution in [0.4, 0.5) is 0 Å². The van der Waals surface area contributed by atoms with Gasteiger partial charge in [-0.1, -0.05) is 62.4 Å². The highest BCUT2D eigenvalue weighted by Gasteiger charge is 2.29. The first-order valence-corrected chi connectivity index (χ1v) is 17.2. The van der Waals surface area contributed by atoms with E-state index in [0.29, 0.717) is 19.4 Å². The molecule has 3 aromatic carbocycles. The minimum Gasteiger partial charge on any atom is -0.497 e. The van der Waals surface area contributed by atoms with Crippen molar-refractivity contribution in [1.29, 1.82) is 0 Å². The zero-order chi connectivity index (χ0) is 33.5. The molecule has 11 heteroatoms. The second kappa shape index (κ2) is 18.3. The highest BCUT2D eigenvalue weighted by atomic mass is 32.2. The molecule has 1 unspecified atom stereocenters. The maximum absolute atomic E-state index is 13.8. The number of aliphatic hydroxyl groups excluding tert-OH is 1. The molecule has 0 saturated carbocycles. The molecule has 0 aromatic heterocycles. The molecule has 0 radical (unpaired) electrons. The molecule has 0 fully saturated rings. The summed E-state index contributed by atoms with van der Waals surface area (Å²) < 4.78 is 41.8. The summed E-state index contributed by atoms with van der Waals surface area (Å²) in [5.74, 6) is -0.256. The normalized spacial score (nSPS) is 13.4. The Morgan fingerprint density at radius 3 is 2.22 bits per heavy atom. The topological polar surface area (TPSA) is 140 Å². The van der Waals surface area contributed by atoms with Gasteiger partial charge in [-0.2, -0.15) is 0 Å². The zero-order valence-corrected chi connectivity index (χ0v) is 27.8. The molecular formula is C35H46N2O8S. The van der Waals surface area contributed by atoms with Gasteiger partial charge in [-0.05, 0) is 60.2 Å². The number of hydrogen-bond donors (Lipinski definition) is 3. The molecule has 0 saturated heterocycles. The average Bonchev–Trinajstić information content (AvgIpc) is 3.05. The second-order valence-corrected chi connectivity index (χ2v) is 13.9. The highest BCUT2D eigenvalue weighted by Crippen LogP contribution is 2.19. The number of amides is 1. The van der Waals surface area contributed by atoms with E-state index >= 15 is 0 Å². The van der Waals surface area contributed by atoms with Crippen LogP contribution in [0, 0.1) is 5.92 Å². The minimum absolute atomic E-state index is 0.00510. The molecule has 0 aliphatic carbocycles. The monoisotopic (exact) mass is 654 g/mol. The third-order valence-corrected chi connectivity index (χ3v) is 9.15. The Hall–Kier alpha value is -3.93. The SMILES string of the molecule is COC(=O)c1cccc(OC(CCS(=O)(=O)CCC(C)C)C(=O)N[C@@H](Cc2ccccc2)[C@H](O)CNCc2cccc(OC)c2)c1. The number of nitrogens with one attached hydrogen (secondary N) is 2. The van der Waals surface area contributed by atoms with Gasteiger partial charge in [-0.15, -0.1) is 0 Å². The quantitative estimate of drug-likeness (QED) is 0.164. The number of hydrogen-bond acceptors (Lipinski definition) is 9.